The van der Waals surface area contributed by atoms with Crippen LogP contribution in [0.5, 0.6) is 0 Å². The van der Waals surface area contributed by atoms with Crippen molar-refractivity contribution in [1.29, 1.82) is 0 Å². The fourth-order valence-corrected chi connectivity index (χ4v) is 4.06. The van der Waals surface area contributed by atoms with E-state index in [-0.39, 0.29) is 5.91 Å². The first kappa shape index (κ1) is 20.7. The van der Waals surface area contributed by atoms with E-state index < -0.39 is 0 Å². The Labute approximate surface area is 182 Å². The van der Waals surface area contributed by atoms with Crippen molar-refractivity contribution in [3.05, 3.63) is 76.9 Å². The molecule has 0 aliphatic carbocycles. The van der Waals surface area contributed by atoms with E-state index in [4.69, 9.17) is 16.3 Å². The topological polar surface area (TPSA) is 47.7 Å². The van der Waals surface area contributed by atoms with Crippen molar-refractivity contribution in [2.75, 3.05) is 39.4 Å². The van der Waals surface area contributed by atoms with E-state index in [9.17, 15) is 4.79 Å². The molecule has 2 N–H and O–H groups in total. The molecule has 1 aliphatic rings. The molecule has 3 aromatic rings. The highest BCUT2D eigenvalue weighted by atomic mass is 35.5. The Balaban J connectivity index is 1.60. The third-order valence-corrected chi connectivity index (χ3v) is 5.86. The number of ether oxygens (including phenoxy) is 1. The number of carbonyl (C=O) groups is 1. The molecule has 2 aromatic carbocycles. The third kappa shape index (κ3) is 4.59. The molecule has 0 atom stereocenters. The molecule has 1 fully saturated rings. The summed E-state index contributed by atoms with van der Waals surface area (Å²) in [5.41, 5.74) is 4.63. The van der Waals surface area contributed by atoms with Gasteiger partial charge in [0.2, 0.25) is 0 Å². The highest BCUT2D eigenvalue weighted by Crippen LogP contribution is 2.30. The number of para-hydroxylation sites is 1. The van der Waals surface area contributed by atoms with Crippen molar-refractivity contribution in [3.8, 4) is 16.9 Å². The van der Waals surface area contributed by atoms with Crippen molar-refractivity contribution in [1.82, 2.24) is 9.88 Å². The highest BCUT2D eigenvalue weighted by molar-refractivity contribution is 6.30. The lowest BCUT2D eigenvalue weighted by Gasteiger charge is -2.23. The maximum atomic E-state index is 13.0. The fraction of sp³-hybridized carbons (Fsp3) is 0.292. The second-order valence-electron chi connectivity index (χ2n) is 7.57. The van der Waals surface area contributed by atoms with Gasteiger partial charge < -0.3 is 19.5 Å². The van der Waals surface area contributed by atoms with Gasteiger partial charge in [-0.3, -0.25) is 4.79 Å². The van der Waals surface area contributed by atoms with E-state index >= 15 is 0 Å². The van der Waals surface area contributed by atoms with Crippen molar-refractivity contribution in [3.63, 3.8) is 0 Å². The summed E-state index contributed by atoms with van der Waals surface area (Å²) in [6, 6.07) is 19.8. The summed E-state index contributed by atoms with van der Waals surface area (Å²) in [7, 11) is 0. The van der Waals surface area contributed by atoms with Crippen LogP contribution in [0.15, 0.2) is 60.7 Å². The zero-order valence-corrected chi connectivity index (χ0v) is 17.9. The van der Waals surface area contributed by atoms with Gasteiger partial charge in [-0.05, 0) is 42.8 Å². The number of carbonyl (C=O) groups excluding carboxylic acids is 1. The Hall–Kier alpha value is -2.60. The summed E-state index contributed by atoms with van der Waals surface area (Å²) in [5, 5.41) is 3.80. The van der Waals surface area contributed by atoms with Gasteiger partial charge in [0.05, 0.1) is 37.6 Å². The second kappa shape index (κ2) is 9.47. The number of hydrogen-bond donors (Lipinski definition) is 2. The van der Waals surface area contributed by atoms with Crippen LogP contribution in [-0.2, 0) is 4.74 Å². The molecule has 0 spiro atoms. The maximum absolute atomic E-state index is 13.0. The standard InChI is InChI=1S/C24H26ClN3O2/c1-18-22(24(29)26-11-12-27-13-15-30-16-14-27)17-23(19-7-9-20(25)10-8-19)28(18)21-5-3-2-4-6-21/h2-10,17H,11-16H2,1H3,(H,26,29)/p+1. The zero-order chi connectivity index (χ0) is 20.9. The first-order valence-corrected chi connectivity index (χ1v) is 10.7. The first-order valence-electron chi connectivity index (χ1n) is 10.4. The van der Waals surface area contributed by atoms with E-state index in [1.165, 1.54) is 4.90 Å². The van der Waals surface area contributed by atoms with E-state index in [2.05, 4.69) is 22.0 Å². The molecule has 1 saturated heterocycles. The third-order valence-electron chi connectivity index (χ3n) is 5.61. The molecule has 0 radical (unpaired) electrons. The van der Waals surface area contributed by atoms with Crippen LogP contribution >= 0.6 is 11.6 Å². The summed E-state index contributed by atoms with van der Waals surface area (Å²) >= 11 is 6.08. The lowest BCUT2D eigenvalue weighted by atomic mass is 10.1. The summed E-state index contributed by atoms with van der Waals surface area (Å²) in [6.07, 6.45) is 0. The van der Waals surface area contributed by atoms with Crippen molar-refractivity contribution in [2.24, 2.45) is 0 Å². The van der Waals surface area contributed by atoms with Crippen LogP contribution in [0.1, 0.15) is 16.1 Å². The largest absolute Gasteiger partial charge is 0.370 e. The van der Waals surface area contributed by atoms with Crippen LogP contribution in [-0.4, -0.2) is 49.9 Å². The maximum Gasteiger partial charge on any atom is 0.253 e. The van der Waals surface area contributed by atoms with Crippen molar-refractivity contribution < 1.29 is 14.4 Å². The second-order valence-corrected chi connectivity index (χ2v) is 8.01. The quantitative estimate of drug-likeness (QED) is 0.639. The van der Waals surface area contributed by atoms with Crippen molar-refractivity contribution in [2.45, 2.75) is 6.92 Å². The van der Waals surface area contributed by atoms with E-state index in [0.717, 1.165) is 55.5 Å². The number of rotatable bonds is 6. The average molecular weight is 425 g/mol. The number of halogens is 1. The molecule has 30 heavy (non-hydrogen) atoms. The molecule has 0 bridgehead atoms. The summed E-state index contributed by atoms with van der Waals surface area (Å²) in [5.74, 6) is -0.0370. The number of amides is 1. The summed E-state index contributed by atoms with van der Waals surface area (Å²) in [6.45, 7) is 7.16. The lowest BCUT2D eigenvalue weighted by molar-refractivity contribution is -0.906. The van der Waals surface area contributed by atoms with E-state index in [1.54, 1.807) is 0 Å². The van der Waals surface area contributed by atoms with E-state index in [0.29, 0.717) is 17.1 Å². The Morgan fingerprint density at radius 3 is 2.50 bits per heavy atom. The van der Waals surface area contributed by atoms with Crippen LogP contribution in [0.25, 0.3) is 16.9 Å². The molecule has 1 aliphatic heterocycles. The van der Waals surface area contributed by atoms with Gasteiger partial charge in [0.15, 0.2) is 0 Å². The summed E-state index contributed by atoms with van der Waals surface area (Å²) < 4.78 is 7.53. The monoisotopic (exact) mass is 424 g/mol. The van der Waals surface area contributed by atoms with Crippen LogP contribution in [0.2, 0.25) is 5.02 Å². The van der Waals surface area contributed by atoms with Gasteiger partial charge in [-0.15, -0.1) is 0 Å². The molecule has 0 unspecified atom stereocenters. The van der Waals surface area contributed by atoms with Gasteiger partial charge >= 0.3 is 0 Å². The Kier molecular flexibility index (Phi) is 6.53. The normalized spacial score (nSPS) is 14.6. The van der Waals surface area contributed by atoms with Gasteiger partial charge in [0, 0.05) is 16.4 Å². The van der Waals surface area contributed by atoms with Crippen LogP contribution in [0, 0.1) is 6.92 Å². The number of nitrogens with one attached hydrogen (secondary N) is 2. The molecule has 4 rings (SSSR count). The Morgan fingerprint density at radius 1 is 1.10 bits per heavy atom. The fourth-order valence-electron chi connectivity index (χ4n) is 3.94. The minimum atomic E-state index is -0.0370. The van der Waals surface area contributed by atoms with E-state index in [1.807, 2.05) is 55.5 Å². The molecule has 0 saturated carbocycles. The molecule has 1 amide bonds. The van der Waals surface area contributed by atoms with Crippen LogP contribution in [0.4, 0.5) is 0 Å². The predicted molar refractivity (Wildman–Crippen MR) is 120 cm³/mol. The molecule has 1 aromatic heterocycles. The van der Waals surface area contributed by atoms with Gasteiger partial charge in [0.25, 0.3) is 5.91 Å². The average Bonchev–Trinajstić information content (AvgIpc) is 3.12. The molecule has 2 heterocycles. The number of quaternary nitrogens is 1. The van der Waals surface area contributed by atoms with Crippen molar-refractivity contribution >= 4 is 17.5 Å². The van der Waals surface area contributed by atoms with Crippen LogP contribution in [0.3, 0.4) is 0 Å². The molecular weight excluding hydrogens is 398 g/mol. The van der Waals surface area contributed by atoms with Gasteiger partial charge in [0.1, 0.15) is 13.1 Å². The van der Waals surface area contributed by atoms with Gasteiger partial charge in [-0.25, -0.2) is 0 Å². The number of nitrogens with zero attached hydrogens (tertiary/aromatic N) is 1. The minimum absolute atomic E-state index is 0.0370. The highest BCUT2D eigenvalue weighted by Gasteiger charge is 2.20. The SMILES string of the molecule is Cc1c(C(=O)NCC[NH+]2CCOCC2)cc(-c2ccc(Cl)cc2)n1-c1ccccc1. The van der Waals surface area contributed by atoms with Gasteiger partial charge in [-0.2, -0.15) is 0 Å². The molecule has 5 nitrogen and oxygen atoms in total. The lowest BCUT2D eigenvalue weighted by Crippen LogP contribution is -3.14. The predicted octanol–water partition coefficient (Wildman–Crippen LogP) is 2.75. The molecule has 6 heteroatoms. The number of aromatic nitrogens is 1. The van der Waals surface area contributed by atoms with Gasteiger partial charge in [-0.1, -0.05) is 41.9 Å². The van der Waals surface area contributed by atoms with Crippen LogP contribution < -0.4 is 10.2 Å². The first-order chi connectivity index (χ1) is 14.6. The number of benzene rings is 2. The Morgan fingerprint density at radius 2 is 1.80 bits per heavy atom. The number of morpholine rings is 1. The smallest absolute Gasteiger partial charge is 0.253 e. The minimum Gasteiger partial charge on any atom is -0.370 e. The Bertz CT molecular complexity index is 993. The summed E-state index contributed by atoms with van der Waals surface area (Å²) in [4.78, 5) is 14.5. The number of hydrogen-bond acceptors (Lipinski definition) is 2. The molecular formula is C24H27ClN3O2+. The molecule has 156 valence electrons. The zero-order valence-electron chi connectivity index (χ0n) is 17.2.